The molecule has 1 saturated carbocycles. The monoisotopic (exact) mass is 294 g/mol. The van der Waals surface area contributed by atoms with Crippen LogP contribution in [0.1, 0.15) is 24.8 Å². The standard InChI is InChI=1S/C15H19ClN2O2/c1-18(10-12-3-2-4-13(12)19)15(20)6-5-11-7-8-17-14(16)9-11/h5-9,12-13,19H,2-4,10H2,1H3/b6-5+. The van der Waals surface area contributed by atoms with Crippen molar-refractivity contribution in [3.8, 4) is 0 Å². The molecule has 20 heavy (non-hydrogen) atoms. The summed E-state index contributed by atoms with van der Waals surface area (Å²) in [5.41, 5.74) is 0.840. The molecule has 1 N–H and O–H groups in total. The third-order valence-electron chi connectivity index (χ3n) is 3.67. The summed E-state index contributed by atoms with van der Waals surface area (Å²) in [6.07, 6.45) is 7.45. The number of amides is 1. The van der Waals surface area contributed by atoms with Crippen LogP contribution < -0.4 is 0 Å². The normalized spacial score (nSPS) is 22.4. The van der Waals surface area contributed by atoms with Gasteiger partial charge in [-0.1, -0.05) is 18.0 Å². The van der Waals surface area contributed by atoms with E-state index in [1.165, 1.54) is 6.08 Å². The van der Waals surface area contributed by atoms with Crippen molar-refractivity contribution < 1.29 is 9.90 Å². The molecular weight excluding hydrogens is 276 g/mol. The van der Waals surface area contributed by atoms with Gasteiger partial charge in [0.15, 0.2) is 0 Å². The lowest BCUT2D eigenvalue weighted by atomic mass is 10.1. The lowest BCUT2D eigenvalue weighted by Gasteiger charge is -2.22. The number of pyridine rings is 1. The van der Waals surface area contributed by atoms with Crippen molar-refractivity contribution in [2.24, 2.45) is 5.92 Å². The molecule has 2 atom stereocenters. The highest BCUT2D eigenvalue weighted by atomic mass is 35.5. The lowest BCUT2D eigenvalue weighted by Crippen LogP contribution is -2.33. The predicted molar refractivity (Wildman–Crippen MR) is 79.3 cm³/mol. The molecule has 1 fully saturated rings. The van der Waals surface area contributed by atoms with Gasteiger partial charge in [0.2, 0.25) is 5.91 Å². The van der Waals surface area contributed by atoms with Crippen molar-refractivity contribution in [3.63, 3.8) is 0 Å². The first-order valence-electron chi connectivity index (χ1n) is 6.79. The number of aliphatic hydroxyl groups excluding tert-OH is 1. The van der Waals surface area contributed by atoms with Crippen molar-refractivity contribution in [1.29, 1.82) is 0 Å². The molecule has 1 aromatic rings. The molecule has 2 rings (SSSR count). The van der Waals surface area contributed by atoms with Gasteiger partial charge in [0.1, 0.15) is 5.15 Å². The van der Waals surface area contributed by atoms with Crippen LogP contribution in [0.15, 0.2) is 24.4 Å². The highest BCUT2D eigenvalue weighted by Gasteiger charge is 2.26. The van der Waals surface area contributed by atoms with E-state index in [0.29, 0.717) is 11.7 Å². The largest absolute Gasteiger partial charge is 0.393 e. The Balaban J connectivity index is 1.90. The van der Waals surface area contributed by atoms with Gasteiger partial charge in [0.05, 0.1) is 6.10 Å². The highest BCUT2D eigenvalue weighted by Crippen LogP contribution is 2.26. The number of halogens is 1. The Morgan fingerprint density at radius 3 is 3.05 bits per heavy atom. The van der Waals surface area contributed by atoms with Gasteiger partial charge in [-0.2, -0.15) is 0 Å². The third kappa shape index (κ3) is 4.05. The van der Waals surface area contributed by atoms with Crippen LogP contribution in [0.25, 0.3) is 6.08 Å². The first-order chi connectivity index (χ1) is 9.56. The van der Waals surface area contributed by atoms with Gasteiger partial charge >= 0.3 is 0 Å². The van der Waals surface area contributed by atoms with Crippen molar-refractivity contribution in [1.82, 2.24) is 9.88 Å². The maximum absolute atomic E-state index is 12.0. The zero-order valence-corrected chi connectivity index (χ0v) is 12.3. The number of rotatable bonds is 4. The quantitative estimate of drug-likeness (QED) is 0.685. The number of carbonyl (C=O) groups is 1. The molecule has 1 aliphatic carbocycles. The summed E-state index contributed by atoms with van der Waals surface area (Å²) in [7, 11) is 1.76. The minimum Gasteiger partial charge on any atom is -0.393 e. The zero-order valence-electron chi connectivity index (χ0n) is 11.5. The molecular formula is C15H19ClN2O2. The van der Waals surface area contributed by atoms with Gasteiger partial charge in [-0.05, 0) is 36.6 Å². The number of aromatic nitrogens is 1. The Labute approximate surface area is 124 Å². The number of aliphatic hydroxyl groups is 1. The second-order valence-corrected chi connectivity index (χ2v) is 5.61. The van der Waals surface area contributed by atoms with Crippen LogP contribution in [-0.4, -0.2) is 40.6 Å². The van der Waals surface area contributed by atoms with E-state index in [2.05, 4.69) is 4.98 Å². The van der Waals surface area contributed by atoms with Gasteiger partial charge in [-0.25, -0.2) is 4.98 Å². The number of likely N-dealkylation sites (N-methyl/N-ethyl adjacent to an activating group) is 1. The zero-order chi connectivity index (χ0) is 14.5. The predicted octanol–water partition coefficient (Wildman–Crippen LogP) is 2.37. The summed E-state index contributed by atoms with van der Waals surface area (Å²) in [5, 5.41) is 10.2. The first-order valence-corrected chi connectivity index (χ1v) is 7.17. The van der Waals surface area contributed by atoms with Gasteiger partial charge in [-0.15, -0.1) is 0 Å². The molecule has 108 valence electrons. The van der Waals surface area contributed by atoms with E-state index in [-0.39, 0.29) is 17.9 Å². The minimum absolute atomic E-state index is 0.0722. The first kappa shape index (κ1) is 15.0. The van der Waals surface area contributed by atoms with Crippen LogP contribution in [-0.2, 0) is 4.79 Å². The van der Waals surface area contributed by atoms with E-state index < -0.39 is 0 Å². The van der Waals surface area contributed by atoms with Crippen LogP contribution >= 0.6 is 11.6 Å². The Bertz CT molecular complexity index is 504. The van der Waals surface area contributed by atoms with Crippen LogP contribution in [0, 0.1) is 5.92 Å². The smallest absolute Gasteiger partial charge is 0.246 e. The summed E-state index contributed by atoms with van der Waals surface area (Å²) in [6, 6.07) is 3.49. The van der Waals surface area contributed by atoms with E-state index >= 15 is 0 Å². The molecule has 1 aromatic heterocycles. The van der Waals surface area contributed by atoms with Crippen LogP contribution in [0.3, 0.4) is 0 Å². The summed E-state index contributed by atoms with van der Waals surface area (Å²) < 4.78 is 0. The highest BCUT2D eigenvalue weighted by molar-refractivity contribution is 6.29. The van der Waals surface area contributed by atoms with E-state index in [9.17, 15) is 9.90 Å². The van der Waals surface area contributed by atoms with Gasteiger partial charge in [0, 0.05) is 31.8 Å². The number of hydrogen-bond acceptors (Lipinski definition) is 3. The molecule has 1 amide bonds. The van der Waals surface area contributed by atoms with Crippen molar-refractivity contribution in [2.75, 3.05) is 13.6 Å². The Morgan fingerprint density at radius 2 is 2.40 bits per heavy atom. The van der Waals surface area contributed by atoms with Crippen LogP contribution in [0.5, 0.6) is 0 Å². The topological polar surface area (TPSA) is 53.4 Å². The fraction of sp³-hybridized carbons (Fsp3) is 0.467. The van der Waals surface area contributed by atoms with Crippen molar-refractivity contribution in [3.05, 3.63) is 35.1 Å². The summed E-state index contributed by atoms with van der Waals surface area (Å²) >= 11 is 5.78. The Kier molecular flexibility index (Phi) is 5.15. The number of carbonyl (C=O) groups excluding carboxylic acids is 1. The fourth-order valence-electron chi connectivity index (χ4n) is 2.49. The molecule has 0 aliphatic heterocycles. The number of nitrogens with zero attached hydrogens (tertiary/aromatic N) is 2. The molecule has 0 radical (unpaired) electrons. The minimum atomic E-state index is -0.270. The molecule has 2 unspecified atom stereocenters. The second kappa shape index (κ2) is 6.86. The van der Waals surface area contributed by atoms with E-state index in [4.69, 9.17) is 11.6 Å². The Morgan fingerprint density at radius 1 is 1.60 bits per heavy atom. The number of hydrogen-bond donors (Lipinski definition) is 1. The molecule has 0 aromatic carbocycles. The van der Waals surface area contributed by atoms with E-state index in [1.807, 2.05) is 0 Å². The average Bonchev–Trinajstić information content (AvgIpc) is 2.81. The van der Waals surface area contributed by atoms with Gasteiger partial charge in [0.25, 0.3) is 0 Å². The summed E-state index contributed by atoms with van der Waals surface area (Å²) in [5.74, 6) is 0.129. The fourth-order valence-corrected chi connectivity index (χ4v) is 2.67. The molecule has 5 heteroatoms. The molecule has 0 bridgehead atoms. The molecule has 1 heterocycles. The second-order valence-electron chi connectivity index (χ2n) is 5.22. The lowest BCUT2D eigenvalue weighted by molar-refractivity contribution is -0.125. The van der Waals surface area contributed by atoms with E-state index in [0.717, 1.165) is 24.8 Å². The van der Waals surface area contributed by atoms with Crippen molar-refractivity contribution >= 4 is 23.6 Å². The maximum Gasteiger partial charge on any atom is 0.246 e. The van der Waals surface area contributed by atoms with Gasteiger partial charge < -0.3 is 10.0 Å². The molecule has 0 saturated heterocycles. The molecule has 0 spiro atoms. The molecule has 1 aliphatic rings. The average molecular weight is 295 g/mol. The summed E-state index contributed by atoms with van der Waals surface area (Å²) in [4.78, 5) is 17.5. The SMILES string of the molecule is CN(CC1CCCC1O)C(=O)/C=C/c1ccnc(Cl)c1. The van der Waals surface area contributed by atoms with Crippen LogP contribution in [0.4, 0.5) is 0 Å². The van der Waals surface area contributed by atoms with E-state index in [1.54, 1.807) is 36.4 Å². The summed E-state index contributed by atoms with van der Waals surface area (Å²) in [6.45, 7) is 0.599. The third-order valence-corrected chi connectivity index (χ3v) is 3.88. The van der Waals surface area contributed by atoms with Gasteiger partial charge in [-0.3, -0.25) is 4.79 Å². The maximum atomic E-state index is 12.0. The van der Waals surface area contributed by atoms with Crippen LogP contribution in [0.2, 0.25) is 5.15 Å². The Hall–Kier alpha value is -1.39. The van der Waals surface area contributed by atoms with Crippen molar-refractivity contribution in [2.45, 2.75) is 25.4 Å². The molecule has 4 nitrogen and oxygen atoms in total.